The fourth-order valence-corrected chi connectivity index (χ4v) is 1.85. The van der Waals surface area contributed by atoms with Crippen LogP contribution in [0.15, 0.2) is 6.07 Å². The number of nitrogens with zero attached hydrogens (tertiary/aromatic N) is 1. The Morgan fingerprint density at radius 3 is 2.64 bits per heavy atom. The third kappa shape index (κ3) is 2.30. The number of carbonyl (C=O) groups is 1. The van der Waals surface area contributed by atoms with E-state index in [2.05, 4.69) is 4.98 Å². The lowest BCUT2D eigenvalue weighted by molar-refractivity contribution is 0.0684. The van der Waals surface area contributed by atoms with Gasteiger partial charge in [0.1, 0.15) is 8.85 Å². The largest absolute Gasteiger partial charge is 0.478 e. The van der Waals surface area contributed by atoms with Crippen molar-refractivity contribution < 1.29 is 18.7 Å². The van der Waals surface area contributed by atoms with Gasteiger partial charge in [0.15, 0.2) is 0 Å². The first-order valence-electron chi connectivity index (χ1n) is 3.31. The van der Waals surface area contributed by atoms with Gasteiger partial charge in [0.2, 0.25) is 0 Å². The zero-order valence-corrected chi connectivity index (χ0v) is 9.38. The van der Waals surface area contributed by atoms with E-state index in [0.717, 1.165) is 6.07 Å². The van der Waals surface area contributed by atoms with Gasteiger partial charge in [0, 0.05) is 0 Å². The Morgan fingerprint density at radius 2 is 2.21 bits per heavy atom. The quantitative estimate of drug-likeness (QED) is 0.669. The monoisotopic (exact) mass is 333 g/mol. The van der Waals surface area contributed by atoms with Gasteiger partial charge in [-0.1, -0.05) is 11.6 Å². The van der Waals surface area contributed by atoms with Gasteiger partial charge in [0.05, 0.1) is 11.1 Å². The fourth-order valence-electron chi connectivity index (χ4n) is 0.879. The summed E-state index contributed by atoms with van der Waals surface area (Å²) in [7, 11) is 0. The van der Waals surface area contributed by atoms with Gasteiger partial charge >= 0.3 is 5.97 Å². The van der Waals surface area contributed by atoms with Gasteiger partial charge in [-0.3, -0.25) is 0 Å². The van der Waals surface area contributed by atoms with Crippen molar-refractivity contribution >= 4 is 40.2 Å². The molecule has 1 aromatic rings. The molecule has 3 nitrogen and oxygen atoms in total. The van der Waals surface area contributed by atoms with E-state index < -0.39 is 28.7 Å². The van der Waals surface area contributed by atoms with E-state index in [1.807, 2.05) is 0 Å². The van der Waals surface area contributed by atoms with Gasteiger partial charge in [-0.2, -0.15) is 0 Å². The molecule has 76 valence electrons. The number of alkyl halides is 2. The van der Waals surface area contributed by atoms with Crippen LogP contribution in [0.1, 0.15) is 22.3 Å². The Balaban J connectivity index is 3.44. The average molecular weight is 333 g/mol. The normalized spacial score (nSPS) is 10.6. The summed E-state index contributed by atoms with van der Waals surface area (Å²) >= 11 is 7.12. The van der Waals surface area contributed by atoms with Gasteiger partial charge in [-0.25, -0.2) is 18.6 Å². The van der Waals surface area contributed by atoms with Crippen molar-refractivity contribution in [3.8, 4) is 0 Å². The molecule has 1 aromatic heterocycles. The predicted octanol–water partition coefficient (Wildman–Crippen LogP) is 2.98. The number of aromatic nitrogens is 1. The van der Waals surface area contributed by atoms with Crippen molar-refractivity contribution in [3.63, 3.8) is 0 Å². The molecule has 1 rings (SSSR count). The SMILES string of the molecule is O=C(O)c1cc(I)nc(Cl)c1C(F)F. The molecular weight excluding hydrogens is 330 g/mol. The Kier molecular flexibility index (Phi) is 3.59. The first-order valence-corrected chi connectivity index (χ1v) is 4.76. The van der Waals surface area contributed by atoms with Crippen LogP contribution in [-0.2, 0) is 0 Å². The summed E-state index contributed by atoms with van der Waals surface area (Å²) in [4.78, 5) is 14.2. The zero-order chi connectivity index (χ0) is 10.9. The molecule has 0 saturated heterocycles. The standard InChI is InChI=1S/C7H3ClF2INO2/c8-5-4(6(9)10)2(7(13)14)1-3(11)12-5/h1,6H,(H,13,14). The molecule has 14 heavy (non-hydrogen) atoms. The first kappa shape index (κ1) is 11.6. The van der Waals surface area contributed by atoms with Crippen molar-refractivity contribution in [2.45, 2.75) is 6.43 Å². The van der Waals surface area contributed by atoms with Crippen LogP contribution in [0.3, 0.4) is 0 Å². The molecule has 0 spiro atoms. The summed E-state index contributed by atoms with van der Waals surface area (Å²) in [5.74, 6) is -1.44. The maximum atomic E-state index is 12.4. The van der Waals surface area contributed by atoms with Crippen molar-refractivity contribution in [2.24, 2.45) is 0 Å². The van der Waals surface area contributed by atoms with E-state index in [0.29, 0.717) is 0 Å². The Morgan fingerprint density at radius 1 is 1.64 bits per heavy atom. The van der Waals surface area contributed by atoms with Gasteiger partial charge < -0.3 is 5.11 Å². The smallest absolute Gasteiger partial charge is 0.336 e. The summed E-state index contributed by atoms with van der Waals surface area (Å²) in [6, 6.07) is 1.05. The topological polar surface area (TPSA) is 50.2 Å². The molecule has 0 unspecified atom stereocenters. The van der Waals surface area contributed by atoms with E-state index in [-0.39, 0.29) is 3.70 Å². The Hall–Kier alpha value is -0.500. The highest BCUT2D eigenvalue weighted by Crippen LogP contribution is 2.29. The van der Waals surface area contributed by atoms with Crippen molar-refractivity contribution in [1.82, 2.24) is 4.98 Å². The summed E-state index contributed by atoms with van der Waals surface area (Å²) in [6.07, 6.45) is -2.95. The van der Waals surface area contributed by atoms with E-state index in [1.165, 1.54) is 0 Å². The van der Waals surface area contributed by atoms with Crippen LogP contribution in [0.5, 0.6) is 0 Å². The molecule has 1 heterocycles. The number of hydrogen-bond acceptors (Lipinski definition) is 2. The molecule has 0 saturated carbocycles. The third-order valence-corrected chi connectivity index (χ3v) is 2.27. The molecule has 0 aliphatic heterocycles. The molecule has 1 N–H and O–H groups in total. The maximum absolute atomic E-state index is 12.4. The number of carboxylic acids is 1. The highest BCUT2D eigenvalue weighted by atomic mass is 127. The minimum Gasteiger partial charge on any atom is -0.478 e. The molecule has 0 radical (unpaired) electrons. The lowest BCUT2D eigenvalue weighted by Gasteiger charge is -2.06. The van der Waals surface area contributed by atoms with Crippen LogP contribution in [0, 0.1) is 3.70 Å². The molecule has 0 aromatic carbocycles. The average Bonchev–Trinajstić information content (AvgIpc) is 2.01. The minimum atomic E-state index is -2.95. The lowest BCUT2D eigenvalue weighted by Crippen LogP contribution is -2.06. The van der Waals surface area contributed by atoms with E-state index >= 15 is 0 Å². The van der Waals surface area contributed by atoms with Crippen molar-refractivity contribution in [2.75, 3.05) is 0 Å². The van der Waals surface area contributed by atoms with Gasteiger partial charge in [-0.05, 0) is 28.7 Å². The number of aromatic carboxylic acids is 1. The van der Waals surface area contributed by atoms with Crippen LogP contribution in [0.2, 0.25) is 5.15 Å². The summed E-state index contributed by atoms with van der Waals surface area (Å²) in [5, 5.41) is 8.17. The van der Waals surface area contributed by atoms with Crippen LogP contribution >= 0.6 is 34.2 Å². The molecule has 0 aliphatic rings. The third-order valence-electron chi connectivity index (χ3n) is 1.43. The molecule has 7 heteroatoms. The van der Waals surface area contributed by atoms with Crippen LogP contribution in [0.25, 0.3) is 0 Å². The zero-order valence-electron chi connectivity index (χ0n) is 6.47. The van der Waals surface area contributed by atoms with Crippen LogP contribution in [0.4, 0.5) is 8.78 Å². The van der Waals surface area contributed by atoms with Gasteiger partial charge in [-0.15, -0.1) is 0 Å². The Bertz CT molecular complexity index is 386. The van der Waals surface area contributed by atoms with Gasteiger partial charge in [0.25, 0.3) is 6.43 Å². The van der Waals surface area contributed by atoms with E-state index in [1.54, 1.807) is 22.6 Å². The van der Waals surface area contributed by atoms with Crippen LogP contribution < -0.4 is 0 Å². The molecular formula is C7H3ClF2INO2. The second-order valence-corrected chi connectivity index (χ2v) is 3.77. The maximum Gasteiger partial charge on any atom is 0.336 e. The molecule has 0 amide bonds. The number of rotatable bonds is 2. The molecule has 0 fully saturated rings. The predicted molar refractivity (Wildman–Crippen MR) is 53.9 cm³/mol. The fraction of sp³-hybridized carbons (Fsp3) is 0.143. The second kappa shape index (κ2) is 4.35. The number of hydrogen-bond donors (Lipinski definition) is 1. The van der Waals surface area contributed by atoms with Crippen molar-refractivity contribution in [3.05, 3.63) is 26.0 Å². The van der Waals surface area contributed by atoms with Crippen molar-refractivity contribution in [1.29, 1.82) is 0 Å². The van der Waals surface area contributed by atoms with E-state index in [9.17, 15) is 13.6 Å². The first-order chi connectivity index (χ1) is 6.43. The number of halogens is 4. The highest BCUT2D eigenvalue weighted by Gasteiger charge is 2.23. The Labute approximate surface area is 96.2 Å². The highest BCUT2D eigenvalue weighted by molar-refractivity contribution is 14.1. The minimum absolute atomic E-state index is 0.259. The summed E-state index contributed by atoms with van der Waals surface area (Å²) in [6.45, 7) is 0. The summed E-state index contributed by atoms with van der Waals surface area (Å²) < 4.78 is 25.0. The number of carboxylic acid groups (broad SMARTS) is 1. The van der Waals surface area contributed by atoms with Crippen LogP contribution in [-0.4, -0.2) is 16.1 Å². The molecule has 0 atom stereocenters. The summed E-state index contributed by atoms with van der Waals surface area (Å²) in [5.41, 5.74) is -1.25. The number of pyridine rings is 1. The second-order valence-electron chi connectivity index (χ2n) is 2.30. The van der Waals surface area contributed by atoms with E-state index in [4.69, 9.17) is 16.7 Å². The molecule has 0 bridgehead atoms. The lowest BCUT2D eigenvalue weighted by atomic mass is 10.1. The molecule has 0 aliphatic carbocycles.